The van der Waals surface area contributed by atoms with Crippen LogP contribution in [0, 0.1) is 12.7 Å². The zero-order chi connectivity index (χ0) is 13.1. The maximum absolute atomic E-state index is 13.1. The van der Waals surface area contributed by atoms with Gasteiger partial charge in [0.05, 0.1) is 6.54 Å². The highest BCUT2D eigenvalue weighted by atomic mass is 19.1. The smallest absolute Gasteiger partial charge is 0.251 e. The fraction of sp³-hybridized carbons (Fsp3) is 0.214. The number of aromatic nitrogens is 1. The largest absolute Gasteiger partial charge is 0.326 e. The van der Waals surface area contributed by atoms with Crippen molar-refractivity contribution < 1.29 is 4.39 Å². The molecule has 4 heteroatoms. The summed E-state index contributed by atoms with van der Waals surface area (Å²) in [6.45, 7) is 2.54. The average Bonchev–Trinajstić information content (AvgIpc) is 2.35. The van der Waals surface area contributed by atoms with Crippen LogP contribution in [-0.4, -0.2) is 4.57 Å². The highest BCUT2D eigenvalue weighted by Crippen LogP contribution is 2.12. The molecule has 0 unspecified atom stereocenters. The summed E-state index contributed by atoms with van der Waals surface area (Å²) in [4.78, 5) is 11.8. The fourth-order valence-electron chi connectivity index (χ4n) is 1.94. The Labute approximate surface area is 105 Å². The number of pyridine rings is 1. The standard InChI is InChI=1S/C14H15FN2O/c1-10-3-2-4-14(18)17(10)9-11-5-6-13(15)7-12(11)8-16/h2-7H,8-9,16H2,1H3. The molecule has 0 aliphatic rings. The zero-order valence-corrected chi connectivity index (χ0v) is 10.2. The molecule has 3 nitrogen and oxygen atoms in total. The van der Waals surface area contributed by atoms with Crippen molar-refractivity contribution in [2.45, 2.75) is 20.0 Å². The number of hydrogen-bond acceptors (Lipinski definition) is 2. The van der Waals surface area contributed by atoms with Crippen LogP contribution in [0.5, 0.6) is 0 Å². The molecule has 18 heavy (non-hydrogen) atoms. The normalized spacial score (nSPS) is 10.6. The van der Waals surface area contributed by atoms with Crippen LogP contribution in [0.1, 0.15) is 16.8 Å². The van der Waals surface area contributed by atoms with Crippen molar-refractivity contribution in [1.82, 2.24) is 4.57 Å². The maximum atomic E-state index is 13.1. The summed E-state index contributed by atoms with van der Waals surface area (Å²) in [5, 5.41) is 0. The van der Waals surface area contributed by atoms with Gasteiger partial charge in [-0.3, -0.25) is 4.79 Å². The number of rotatable bonds is 3. The van der Waals surface area contributed by atoms with Crippen LogP contribution in [0.25, 0.3) is 0 Å². The van der Waals surface area contributed by atoms with Crippen LogP contribution >= 0.6 is 0 Å². The van der Waals surface area contributed by atoms with Crippen molar-refractivity contribution in [3.8, 4) is 0 Å². The summed E-state index contributed by atoms with van der Waals surface area (Å²) in [6, 6.07) is 9.58. The topological polar surface area (TPSA) is 48.0 Å². The van der Waals surface area contributed by atoms with E-state index in [-0.39, 0.29) is 17.9 Å². The molecule has 0 saturated carbocycles. The van der Waals surface area contributed by atoms with Crippen molar-refractivity contribution in [2.24, 2.45) is 5.73 Å². The Bertz CT molecular complexity index is 619. The van der Waals surface area contributed by atoms with E-state index in [0.29, 0.717) is 6.54 Å². The Kier molecular flexibility index (Phi) is 3.58. The van der Waals surface area contributed by atoms with E-state index in [1.54, 1.807) is 16.7 Å². The fourth-order valence-corrected chi connectivity index (χ4v) is 1.94. The van der Waals surface area contributed by atoms with Gasteiger partial charge < -0.3 is 10.3 Å². The van der Waals surface area contributed by atoms with E-state index in [2.05, 4.69) is 0 Å². The highest BCUT2D eigenvalue weighted by molar-refractivity contribution is 5.28. The lowest BCUT2D eigenvalue weighted by molar-refractivity contribution is 0.622. The zero-order valence-electron chi connectivity index (χ0n) is 10.2. The van der Waals surface area contributed by atoms with E-state index >= 15 is 0 Å². The first-order valence-electron chi connectivity index (χ1n) is 5.75. The number of nitrogens with two attached hydrogens (primary N) is 1. The Balaban J connectivity index is 2.43. The summed E-state index contributed by atoms with van der Waals surface area (Å²) >= 11 is 0. The Morgan fingerprint density at radius 1 is 1.22 bits per heavy atom. The molecular formula is C14H15FN2O. The predicted molar refractivity (Wildman–Crippen MR) is 68.8 cm³/mol. The van der Waals surface area contributed by atoms with E-state index in [1.807, 2.05) is 13.0 Å². The van der Waals surface area contributed by atoms with Crippen LogP contribution in [-0.2, 0) is 13.1 Å². The second-order valence-corrected chi connectivity index (χ2v) is 4.21. The van der Waals surface area contributed by atoms with Crippen molar-refractivity contribution in [2.75, 3.05) is 0 Å². The van der Waals surface area contributed by atoms with Gasteiger partial charge in [0, 0.05) is 18.3 Å². The summed E-state index contributed by atoms with van der Waals surface area (Å²) in [6.07, 6.45) is 0. The lowest BCUT2D eigenvalue weighted by Crippen LogP contribution is -2.22. The molecule has 0 amide bonds. The predicted octanol–water partition coefficient (Wildman–Crippen LogP) is 1.80. The molecule has 0 atom stereocenters. The average molecular weight is 246 g/mol. The van der Waals surface area contributed by atoms with Crippen LogP contribution in [0.4, 0.5) is 4.39 Å². The van der Waals surface area contributed by atoms with Gasteiger partial charge in [0.1, 0.15) is 5.82 Å². The molecule has 1 aromatic carbocycles. The minimum atomic E-state index is -0.309. The van der Waals surface area contributed by atoms with Crippen molar-refractivity contribution in [1.29, 1.82) is 0 Å². The molecule has 94 valence electrons. The molecule has 0 fully saturated rings. The van der Waals surface area contributed by atoms with Crippen LogP contribution in [0.3, 0.4) is 0 Å². The van der Waals surface area contributed by atoms with E-state index in [4.69, 9.17) is 5.73 Å². The lowest BCUT2D eigenvalue weighted by Gasteiger charge is -2.12. The van der Waals surface area contributed by atoms with Gasteiger partial charge >= 0.3 is 0 Å². The van der Waals surface area contributed by atoms with Crippen molar-refractivity contribution in [3.63, 3.8) is 0 Å². The molecule has 1 aromatic heterocycles. The van der Waals surface area contributed by atoms with E-state index in [1.165, 1.54) is 18.2 Å². The number of benzene rings is 1. The third-order valence-electron chi connectivity index (χ3n) is 2.98. The first-order chi connectivity index (χ1) is 8.61. The minimum Gasteiger partial charge on any atom is -0.326 e. The van der Waals surface area contributed by atoms with Gasteiger partial charge in [0.2, 0.25) is 0 Å². The molecule has 2 N–H and O–H groups in total. The third-order valence-corrected chi connectivity index (χ3v) is 2.98. The monoisotopic (exact) mass is 246 g/mol. The van der Waals surface area contributed by atoms with Gasteiger partial charge in [-0.15, -0.1) is 0 Å². The molecule has 0 saturated heterocycles. The number of hydrogen-bond donors (Lipinski definition) is 1. The molecule has 2 rings (SSSR count). The summed E-state index contributed by atoms with van der Waals surface area (Å²) in [5.41, 5.74) is 8.00. The number of halogens is 1. The Morgan fingerprint density at radius 2 is 2.00 bits per heavy atom. The van der Waals surface area contributed by atoms with Gasteiger partial charge in [-0.05, 0) is 36.2 Å². The molecule has 0 spiro atoms. The van der Waals surface area contributed by atoms with Gasteiger partial charge in [-0.1, -0.05) is 12.1 Å². The molecule has 0 radical (unpaired) electrons. The van der Waals surface area contributed by atoms with Crippen molar-refractivity contribution in [3.05, 3.63) is 69.4 Å². The summed E-state index contributed by atoms with van der Waals surface area (Å²) in [7, 11) is 0. The summed E-state index contributed by atoms with van der Waals surface area (Å²) < 4.78 is 14.8. The van der Waals surface area contributed by atoms with E-state index < -0.39 is 0 Å². The van der Waals surface area contributed by atoms with E-state index in [9.17, 15) is 9.18 Å². The Hall–Kier alpha value is -1.94. The maximum Gasteiger partial charge on any atom is 0.251 e. The molecular weight excluding hydrogens is 231 g/mol. The first kappa shape index (κ1) is 12.5. The Morgan fingerprint density at radius 3 is 2.67 bits per heavy atom. The van der Waals surface area contributed by atoms with Crippen molar-refractivity contribution >= 4 is 0 Å². The molecule has 0 aliphatic heterocycles. The van der Waals surface area contributed by atoms with Crippen LogP contribution in [0.2, 0.25) is 0 Å². The molecule has 1 heterocycles. The second-order valence-electron chi connectivity index (χ2n) is 4.21. The van der Waals surface area contributed by atoms with E-state index in [0.717, 1.165) is 16.8 Å². The highest BCUT2D eigenvalue weighted by Gasteiger charge is 2.06. The number of aryl methyl sites for hydroxylation is 1. The lowest BCUT2D eigenvalue weighted by atomic mass is 10.1. The minimum absolute atomic E-state index is 0.0673. The second kappa shape index (κ2) is 5.14. The molecule has 2 aromatic rings. The number of nitrogens with zero attached hydrogens (tertiary/aromatic N) is 1. The van der Waals surface area contributed by atoms with Gasteiger partial charge in [-0.25, -0.2) is 4.39 Å². The quantitative estimate of drug-likeness (QED) is 0.897. The molecule has 0 aliphatic carbocycles. The van der Waals surface area contributed by atoms with Crippen LogP contribution < -0.4 is 11.3 Å². The third kappa shape index (κ3) is 2.49. The first-order valence-corrected chi connectivity index (χ1v) is 5.75. The SMILES string of the molecule is Cc1cccc(=O)n1Cc1ccc(F)cc1CN. The van der Waals surface area contributed by atoms with Gasteiger partial charge in [0.15, 0.2) is 0 Å². The molecule has 0 bridgehead atoms. The van der Waals surface area contributed by atoms with Crippen LogP contribution in [0.15, 0.2) is 41.2 Å². The van der Waals surface area contributed by atoms with Gasteiger partial charge in [-0.2, -0.15) is 0 Å². The summed E-state index contributed by atoms with van der Waals surface area (Å²) in [5.74, 6) is -0.309. The van der Waals surface area contributed by atoms with Gasteiger partial charge in [0.25, 0.3) is 5.56 Å².